The molecule has 0 amide bonds. The molecule has 0 bridgehead atoms. The number of benzene rings is 1. The van der Waals surface area contributed by atoms with E-state index < -0.39 is 0 Å². The number of halogens is 1. The molecule has 2 N–H and O–H groups in total. The summed E-state index contributed by atoms with van der Waals surface area (Å²) in [5.41, 5.74) is 2.08. The van der Waals surface area contributed by atoms with Crippen molar-refractivity contribution in [2.45, 2.75) is 26.8 Å². The molecule has 4 nitrogen and oxygen atoms in total. The number of guanidine groups is 1. The first-order valence-corrected chi connectivity index (χ1v) is 8.23. The molecule has 0 aliphatic heterocycles. The molecule has 0 aliphatic carbocycles. The Morgan fingerprint density at radius 3 is 2.68 bits per heavy atom. The van der Waals surface area contributed by atoms with Crippen molar-refractivity contribution in [3.63, 3.8) is 0 Å². The van der Waals surface area contributed by atoms with Gasteiger partial charge in [0.15, 0.2) is 5.96 Å². The average molecular weight is 320 g/mol. The second kappa shape index (κ2) is 8.48. The van der Waals surface area contributed by atoms with E-state index in [1.54, 1.807) is 23.5 Å². The van der Waals surface area contributed by atoms with Gasteiger partial charge in [0, 0.05) is 24.9 Å². The number of aromatic nitrogens is 1. The van der Waals surface area contributed by atoms with Crippen molar-refractivity contribution in [3.05, 3.63) is 51.7 Å². The summed E-state index contributed by atoms with van der Waals surface area (Å²) < 4.78 is 12.9. The van der Waals surface area contributed by atoms with E-state index >= 15 is 0 Å². The molecule has 1 aromatic heterocycles. The number of aliphatic imine (C=N–C) groups is 1. The predicted molar refractivity (Wildman–Crippen MR) is 89.8 cm³/mol. The number of aryl methyl sites for hydroxylation is 1. The van der Waals surface area contributed by atoms with E-state index in [1.807, 2.05) is 13.8 Å². The Balaban J connectivity index is 1.85. The van der Waals surface area contributed by atoms with Gasteiger partial charge in [-0.2, -0.15) is 0 Å². The molecule has 2 rings (SSSR count). The molecule has 0 aliphatic rings. The molecule has 2 aromatic rings. The third-order valence-corrected chi connectivity index (χ3v) is 3.84. The summed E-state index contributed by atoms with van der Waals surface area (Å²) in [4.78, 5) is 8.94. The van der Waals surface area contributed by atoms with Crippen LogP contribution in [0.5, 0.6) is 0 Å². The van der Waals surface area contributed by atoms with Gasteiger partial charge in [0.2, 0.25) is 0 Å². The van der Waals surface area contributed by atoms with E-state index in [1.165, 1.54) is 12.1 Å². The summed E-state index contributed by atoms with van der Waals surface area (Å²) in [6.07, 6.45) is 0.866. The minimum absolute atomic E-state index is 0.226. The molecular formula is C16H21FN4S. The van der Waals surface area contributed by atoms with E-state index in [9.17, 15) is 4.39 Å². The van der Waals surface area contributed by atoms with Crippen molar-refractivity contribution in [1.82, 2.24) is 15.6 Å². The third-order valence-electron chi connectivity index (χ3n) is 3.02. The zero-order valence-electron chi connectivity index (χ0n) is 12.9. The van der Waals surface area contributed by atoms with E-state index in [0.29, 0.717) is 6.54 Å². The molecule has 0 atom stereocenters. The Bertz CT molecular complexity index is 607. The first-order valence-electron chi connectivity index (χ1n) is 7.35. The smallest absolute Gasteiger partial charge is 0.191 e. The Morgan fingerprint density at radius 1 is 1.27 bits per heavy atom. The molecular weight excluding hydrogens is 299 g/mol. The van der Waals surface area contributed by atoms with E-state index in [0.717, 1.165) is 41.7 Å². The Morgan fingerprint density at radius 2 is 2.05 bits per heavy atom. The zero-order chi connectivity index (χ0) is 15.8. The highest BCUT2D eigenvalue weighted by Crippen LogP contribution is 2.07. The highest BCUT2D eigenvalue weighted by molar-refractivity contribution is 7.09. The molecule has 22 heavy (non-hydrogen) atoms. The second-order valence-electron chi connectivity index (χ2n) is 4.86. The van der Waals surface area contributed by atoms with Crippen molar-refractivity contribution in [1.29, 1.82) is 0 Å². The van der Waals surface area contributed by atoms with Crippen LogP contribution in [0, 0.1) is 12.7 Å². The van der Waals surface area contributed by atoms with E-state index in [-0.39, 0.29) is 5.82 Å². The number of hydrogen-bond donors (Lipinski definition) is 2. The lowest BCUT2D eigenvalue weighted by Crippen LogP contribution is -2.38. The molecule has 0 saturated heterocycles. The van der Waals surface area contributed by atoms with Crippen LogP contribution >= 0.6 is 11.3 Å². The van der Waals surface area contributed by atoms with Gasteiger partial charge in [0.25, 0.3) is 0 Å². The van der Waals surface area contributed by atoms with Crippen LogP contribution < -0.4 is 10.6 Å². The summed E-state index contributed by atoms with van der Waals surface area (Å²) in [6.45, 7) is 6.13. The minimum Gasteiger partial charge on any atom is -0.357 e. The van der Waals surface area contributed by atoms with Crippen LogP contribution in [0.15, 0.2) is 34.6 Å². The number of nitrogens with one attached hydrogen (secondary N) is 2. The van der Waals surface area contributed by atoms with Gasteiger partial charge in [-0.05, 0) is 31.5 Å². The Hall–Kier alpha value is -1.95. The Labute approximate surface area is 134 Å². The van der Waals surface area contributed by atoms with E-state index in [2.05, 4.69) is 26.0 Å². The predicted octanol–water partition coefficient (Wildman–Crippen LogP) is 2.89. The highest BCUT2D eigenvalue weighted by atomic mass is 32.1. The number of nitrogens with zero attached hydrogens (tertiary/aromatic N) is 2. The number of thiazole rings is 1. The fourth-order valence-corrected chi connectivity index (χ4v) is 2.58. The summed E-state index contributed by atoms with van der Waals surface area (Å²) in [6, 6.07) is 6.41. The summed E-state index contributed by atoms with van der Waals surface area (Å²) in [5.74, 6) is 0.537. The van der Waals surface area contributed by atoms with Gasteiger partial charge in [0.1, 0.15) is 5.82 Å². The van der Waals surface area contributed by atoms with E-state index in [4.69, 9.17) is 0 Å². The number of hydrogen-bond acceptors (Lipinski definition) is 3. The molecule has 6 heteroatoms. The lowest BCUT2D eigenvalue weighted by Gasteiger charge is -2.10. The summed E-state index contributed by atoms with van der Waals surface area (Å²) in [7, 11) is 0. The number of rotatable bonds is 6. The van der Waals surface area contributed by atoms with Gasteiger partial charge < -0.3 is 10.6 Å². The van der Waals surface area contributed by atoms with Crippen LogP contribution in [-0.2, 0) is 13.0 Å². The summed E-state index contributed by atoms with van der Waals surface area (Å²) >= 11 is 1.67. The Kier molecular flexibility index (Phi) is 6.33. The largest absolute Gasteiger partial charge is 0.357 e. The van der Waals surface area contributed by atoms with Crippen molar-refractivity contribution in [3.8, 4) is 0 Å². The first-order chi connectivity index (χ1) is 10.7. The van der Waals surface area contributed by atoms with Gasteiger partial charge in [0.05, 0.1) is 17.2 Å². The van der Waals surface area contributed by atoms with Crippen LogP contribution in [0.3, 0.4) is 0 Å². The topological polar surface area (TPSA) is 49.3 Å². The van der Waals surface area contributed by atoms with Gasteiger partial charge in [-0.1, -0.05) is 12.1 Å². The second-order valence-corrected chi connectivity index (χ2v) is 5.92. The zero-order valence-corrected chi connectivity index (χ0v) is 13.7. The quantitative estimate of drug-likeness (QED) is 0.635. The minimum atomic E-state index is -0.226. The highest BCUT2D eigenvalue weighted by Gasteiger charge is 2.01. The molecule has 0 spiro atoms. The lowest BCUT2D eigenvalue weighted by atomic mass is 10.2. The van der Waals surface area contributed by atoms with Crippen LogP contribution in [0.25, 0.3) is 0 Å². The molecule has 118 valence electrons. The van der Waals surface area contributed by atoms with Gasteiger partial charge in [-0.25, -0.2) is 14.4 Å². The third kappa shape index (κ3) is 5.44. The van der Waals surface area contributed by atoms with Crippen molar-refractivity contribution < 1.29 is 4.39 Å². The molecule has 0 fully saturated rings. The molecule has 0 radical (unpaired) electrons. The maximum atomic E-state index is 12.9. The van der Waals surface area contributed by atoms with Crippen molar-refractivity contribution in [2.24, 2.45) is 4.99 Å². The molecule has 1 heterocycles. The van der Waals surface area contributed by atoms with Gasteiger partial charge in [-0.3, -0.25) is 0 Å². The SMILES string of the molecule is CCNC(=NCc1ccc(F)cc1)NCCc1csc(C)n1. The van der Waals surface area contributed by atoms with Crippen LogP contribution in [0.2, 0.25) is 0 Å². The maximum Gasteiger partial charge on any atom is 0.191 e. The molecule has 0 unspecified atom stereocenters. The van der Waals surface area contributed by atoms with Crippen molar-refractivity contribution in [2.75, 3.05) is 13.1 Å². The van der Waals surface area contributed by atoms with Gasteiger partial charge >= 0.3 is 0 Å². The fraction of sp³-hybridized carbons (Fsp3) is 0.375. The van der Waals surface area contributed by atoms with Crippen LogP contribution in [-0.4, -0.2) is 24.0 Å². The normalized spacial score (nSPS) is 11.5. The monoisotopic (exact) mass is 320 g/mol. The van der Waals surface area contributed by atoms with Gasteiger partial charge in [-0.15, -0.1) is 11.3 Å². The maximum absolute atomic E-state index is 12.9. The fourth-order valence-electron chi connectivity index (χ4n) is 1.93. The van der Waals surface area contributed by atoms with Crippen LogP contribution in [0.1, 0.15) is 23.2 Å². The summed E-state index contributed by atoms with van der Waals surface area (Å²) in [5, 5.41) is 9.66. The molecule has 0 saturated carbocycles. The first kappa shape index (κ1) is 16.4. The standard InChI is InChI=1S/C16H21FN4S/c1-3-18-16(19-9-8-15-11-22-12(2)21-15)20-10-13-4-6-14(17)7-5-13/h4-7,11H,3,8-10H2,1-2H3,(H2,18,19,20). The average Bonchev–Trinajstić information content (AvgIpc) is 2.92. The van der Waals surface area contributed by atoms with Crippen molar-refractivity contribution >= 4 is 17.3 Å². The lowest BCUT2D eigenvalue weighted by molar-refractivity contribution is 0.627. The van der Waals surface area contributed by atoms with Crippen LogP contribution in [0.4, 0.5) is 4.39 Å². The molecule has 1 aromatic carbocycles.